The summed E-state index contributed by atoms with van der Waals surface area (Å²) in [6, 6.07) is 9.31. The summed E-state index contributed by atoms with van der Waals surface area (Å²) >= 11 is 6.10. The van der Waals surface area contributed by atoms with E-state index < -0.39 is 6.29 Å². The van der Waals surface area contributed by atoms with Crippen molar-refractivity contribution >= 4 is 23.2 Å². The number of hydrogen-bond acceptors (Lipinski definition) is 7. The maximum Gasteiger partial charge on any atom is 0.224 e. The van der Waals surface area contributed by atoms with Gasteiger partial charge in [0.15, 0.2) is 5.78 Å². The Bertz CT molecular complexity index is 963. The van der Waals surface area contributed by atoms with Crippen LogP contribution in [0.1, 0.15) is 55.5 Å². The van der Waals surface area contributed by atoms with Gasteiger partial charge in [-0.2, -0.15) is 4.98 Å². The first-order valence-corrected chi connectivity index (χ1v) is 11.8. The molecule has 1 aromatic carbocycles. The van der Waals surface area contributed by atoms with Crippen molar-refractivity contribution in [3.8, 4) is 11.8 Å². The molecule has 2 aromatic rings. The fourth-order valence-corrected chi connectivity index (χ4v) is 4.04. The minimum absolute atomic E-state index is 0.0678. The number of nitrogens with one attached hydrogen (secondary N) is 2. The van der Waals surface area contributed by atoms with Gasteiger partial charge in [-0.05, 0) is 44.2 Å². The molecule has 1 heterocycles. The quantitative estimate of drug-likeness (QED) is 0.221. The molecule has 0 atom stereocenters. The first kappa shape index (κ1) is 25.1. The van der Waals surface area contributed by atoms with E-state index in [1.54, 1.807) is 6.20 Å². The highest BCUT2D eigenvalue weighted by atomic mass is 35.5. The molecule has 7 nitrogen and oxygen atoms in total. The summed E-state index contributed by atoms with van der Waals surface area (Å²) in [5.74, 6) is 6.71. The van der Waals surface area contributed by atoms with Crippen LogP contribution in [0.5, 0.6) is 0 Å². The molecule has 0 spiro atoms. The van der Waals surface area contributed by atoms with Crippen molar-refractivity contribution in [2.45, 2.75) is 51.4 Å². The molecule has 33 heavy (non-hydrogen) atoms. The number of benzene rings is 1. The van der Waals surface area contributed by atoms with Crippen LogP contribution in [0.3, 0.4) is 0 Å². The van der Waals surface area contributed by atoms with Gasteiger partial charge in [0, 0.05) is 31.5 Å². The lowest BCUT2D eigenvalue weighted by Crippen LogP contribution is -2.46. The van der Waals surface area contributed by atoms with Gasteiger partial charge in [0.2, 0.25) is 11.6 Å². The van der Waals surface area contributed by atoms with Crippen LogP contribution < -0.4 is 10.6 Å². The van der Waals surface area contributed by atoms with Crippen LogP contribution >= 0.6 is 11.6 Å². The van der Waals surface area contributed by atoms with Gasteiger partial charge in [0.1, 0.15) is 5.82 Å². The van der Waals surface area contributed by atoms with E-state index in [0.717, 1.165) is 25.7 Å². The maximum absolute atomic E-state index is 12.5. The molecular weight excluding hydrogens is 440 g/mol. The van der Waals surface area contributed by atoms with Crippen molar-refractivity contribution in [3.05, 3.63) is 52.9 Å². The minimum Gasteiger partial charge on any atom is -0.362 e. The van der Waals surface area contributed by atoms with Crippen molar-refractivity contribution in [1.29, 1.82) is 0 Å². The zero-order chi connectivity index (χ0) is 23.5. The molecule has 1 aliphatic rings. The Hall–Kier alpha value is -2.50. The van der Waals surface area contributed by atoms with E-state index in [1.807, 2.05) is 44.2 Å². The second kappa shape index (κ2) is 12.7. The molecule has 0 saturated heterocycles. The molecule has 1 fully saturated rings. The fraction of sp³-hybridized carbons (Fsp3) is 0.480. The third-order valence-corrected chi connectivity index (χ3v) is 5.69. The predicted octanol–water partition coefficient (Wildman–Crippen LogP) is 4.08. The van der Waals surface area contributed by atoms with Crippen LogP contribution in [0.4, 0.5) is 5.82 Å². The first-order chi connectivity index (χ1) is 16.0. The normalized spacial score (nSPS) is 14.7. The Morgan fingerprint density at radius 1 is 1.18 bits per heavy atom. The Balaban J connectivity index is 1.72. The largest absolute Gasteiger partial charge is 0.362 e. The lowest BCUT2D eigenvalue weighted by Gasteiger charge is -2.31. The average molecular weight is 471 g/mol. The summed E-state index contributed by atoms with van der Waals surface area (Å²) < 4.78 is 11.0. The summed E-state index contributed by atoms with van der Waals surface area (Å²) in [5.41, 5.74) is 1.08. The van der Waals surface area contributed by atoms with E-state index in [1.165, 1.54) is 0 Å². The highest BCUT2D eigenvalue weighted by molar-refractivity contribution is 6.28. The highest BCUT2D eigenvalue weighted by Gasteiger charge is 2.34. The zero-order valence-electron chi connectivity index (χ0n) is 19.2. The lowest BCUT2D eigenvalue weighted by molar-refractivity contribution is -0.0969. The van der Waals surface area contributed by atoms with E-state index >= 15 is 0 Å². The fourth-order valence-electron chi connectivity index (χ4n) is 3.91. The van der Waals surface area contributed by atoms with Crippen molar-refractivity contribution < 1.29 is 14.3 Å². The second-order valence-corrected chi connectivity index (χ2v) is 8.26. The number of ketones is 1. The number of halogens is 1. The SMILES string of the molecule is CCOC(C#Cc1cnc(Cl)nc1NC1(CNCC(=O)c2ccccc2)CCCC1)OCC. The van der Waals surface area contributed by atoms with Gasteiger partial charge < -0.3 is 20.1 Å². The molecule has 176 valence electrons. The van der Waals surface area contributed by atoms with Crippen LogP contribution in [0.15, 0.2) is 36.5 Å². The third kappa shape index (κ3) is 7.51. The minimum atomic E-state index is -0.616. The molecule has 2 N–H and O–H groups in total. The van der Waals surface area contributed by atoms with Gasteiger partial charge in [-0.1, -0.05) is 49.1 Å². The van der Waals surface area contributed by atoms with Gasteiger partial charge in [-0.25, -0.2) is 4.98 Å². The summed E-state index contributed by atoms with van der Waals surface area (Å²) in [5, 5.41) is 7.06. The Labute approximate surface area is 200 Å². The molecule has 1 aliphatic carbocycles. The molecular formula is C25H31ClN4O3. The van der Waals surface area contributed by atoms with Crippen LogP contribution in [0, 0.1) is 11.8 Å². The summed E-state index contributed by atoms with van der Waals surface area (Å²) in [4.78, 5) is 21.0. The molecule has 0 amide bonds. The van der Waals surface area contributed by atoms with Crippen LogP contribution in [-0.4, -0.2) is 53.9 Å². The van der Waals surface area contributed by atoms with Crippen molar-refractivity contribution in [1.82, 2.24) is 15.3 Å². The molecule has 0 unspecified atom stereocenters. The van der Waals surface area contributed by atoms with E-state index in [4.69, 9.17) is 21.1 Å². The molecule has 0 aliphatic heterocycles. The van der Waals surface area contributed by atoms with Gasteiger partial charge in [-0.15, -0.1) is 0 Å². The molecule has 1 aromatic heterocycles. The number of nitrogens with zero attached hydrogens (tertiary/aromatic N) is 2. The third-order valence-electron chi connectivity index (χ3n) is 5.51. The van der Waals surface area contributed by atoms with Crippen LogP contribution in [-0.2, 0) is 9.47 Å². The molecule has 1 saturated carbocycles. The monoisotopic (exact) mass is 470 g/mol. The van der Waals surface area contributed by atoms with Gasteiger partial charge >= 0.3 is 0 Å². The average Bonchev–Trinajstić information content (AvgIpc) is 3.27. The highest BCUT2D eigenvalue weighted by Crippen LogP contribution is 2.33. The number of Topliss-reactive ketones (excluding diaryl/α,β-unsaturated/α-hetero) is 1. The van der Waals surface area contributed by atoms with Crippen molar-refractivity contribution in [2.24, 2.45) is 0 Å². The number of aromatic nitrogens is 2. The van der Waals surface area contributed by atoms with E-state index in [0.29, 0.717) is 36.7 Å². The van der Waals surface area contributed by atoms with Crippen molar-refractivity contribution in [3.63, 3.8) is 0 Å². The van der Waals surface area contributed by atoms with Crippen molar-refractivity contribution in [2.75, 3.05) is 31.6 Å². The molecule has 0 radical (unpaired) electrons. The van der Waals surface area contributed by atoms with Gasteiger partial charge in [0.05, 0.1) is 17.6 Å². The van der Waals surface area contributed by atoms with Crippen LogP contribution in [0.25, 0.3) is 0 Å². The smallest absolute Gasteiger partial charge is 0.224 e. The maximum atomic E-state index is 12.5. The number of ether oxygens (including phenoxy) is 2. The van der Waals surface area contributed by atoms with E-state index in [-0.39, 0.29) is 23.2 Å². The zero-order valence-corrected chi connectivity index (χ0v) is 20.0. The van der Waals surface area contributed by atoms with Gasteiger partial charge in [-0.3, -0.25) is 4.79 Å². The van der Waals surface area contributed by atoms with Gasteiger partial charge in [0.25, 0.3) is 0 Å². The topological polar surface area (TPSA) is 85.4 Å². The standard InChI is InChI=1S/C25H31ClN4O3/c1-3-32-22(33-4-2)13-12-20-16-28-24(26)29-23(20)30-25(14-8-9-15-25)18-27-17-21(31)19-10-6-5-7-11-19/h5-7,10-11,16,22,27H,3-4,8-9,14-15,17-18H2,1-2H3,(H,28,29,30). The summed E-state index contributed by atoms with van der Waals surface area (Å²) in [6.45, 7) is 5.68. The Morgan fingerprint density at radius 3 is 2.55 bits per heavy atom. The van der Waals surface area contributed by atoms with E-state index in [2.05, 4.69) is 32.4 Å². The second-order valence-electron chi connectivity index (χ2n) is 7.92. The number of carbonyl (C=O) groups excluding carboxylic acids is 1. The Morgan fingerprint density at radius 2 is 1.88 bits per heavy atom. The van der Waals surface area contributed by atoms with Crippen LogP contribution in [0.2, 0.25) is 5.28 Å². The number of hydrogen-bond donors (Lipinski definition) is 2. The predicted molar refractivity (Wildman–Crippen MR) is 129 cm³/mol. The number of rotatable bonds is 11. The van der Waals surface area contributed by atoms with E-state index in [9.17, 15) is 4.79 Å². The number of anilines is 1. The lowest BCUT2D eigenvalue weighted by atomic mass is 9.96. The Kier molecular flexibility index (Phi) is 9.64. The summed E-state index contributed by atoms with van der Waals surface area (Å²) in [7, 11) is 0. The molecule has 8 heteroatoms. The number of carbonyl (C=O) groups is 1. The summed E-state index contributed by atoms with van der Waals surface area (Å²) in [6.07, 6.45) is 5.09. The molecule has 3 rings (SSSR count). The molecule has 0 bridgehead atoms. The first-order valence-electron chi connectivity index (χ1n) is 11.4.